The van der Waals surface area contributed by atoms with E-state index in [0.29, 0.717) is 19.3 Å². The lowest BCUT2D eigenvalue weighted by Gasteiger charge is -2.36. The molecule has 3 aliphatic rings. The number of amides is 1. The van der Waals surface area contributed by atoms with Crippen LogP contribution in [-0.2, 0) is 9.59 Å². The summed E-state index contributed by atoms with van der Waals surface area (Å²) in [4.78, 5) is 24.0. The molecular formula is C18H33N5O4. The maximum absolute atomic E-state index is 12.6. The van der Waals surface area contributed by atoms with E-state index in [1.165, 1.54) is 0 Å². The number of hydrogen-bond acceptors (Lipinski definition) is 7. The number of hydrazine groups is 3. The second kappa shape index (κ2) is 9.29. The molecule has 3 rings (SSSR count). The van der Waals surface area contributed by atoms with E-state index in [0.717, 1.165) is 32.2 Å². The molecule has 27 heavy (non-hydrogen) atoms. The van der Waals surface area contributed by atoms with Gasteiger partial charge < -0.3 is 15.5 Å². The van der Waals surface area contributed by atoms with Gasteiger partial charge in [-0.15, -0.1) is 0 Å². The summed E-state index contributed by atoms with van der Waals surface area (Å²) in [5.41, 5.74) is 9.60. The van der Waals surface area contributed by atoms with E-state index < -0.39 is 18.0 Å². The molecule has 9 heteroatoms. The van der Waals surface area contributed by atoms with Gasteiger partial charge >= 0.3 is 5.97 Å². The number of carbonyl (C=O) groups is 2. The van der Waals surface area contributed by atoms with Crippen LogP contribution in [0.1, 0.15) is 58.3 Å². The van der Waals surface area contributed by atoms with Crippen LogP contribution < -0.4 is 21.7 Å². The van der Waals surface area contributed by atoms with Crippen molar-refractivity contribution in [2.75, 3.05) is 6.54 Å². The molecule has 2 saturated carbocycles. The highest BCUT2D eigenvalue weighted by atomic mass is 16.4. The van der Waals surface area contributed by atoms with Crippen molar-refractivity contribution in [1.29, 1.82) is 0 Å². The quantitative estimate of drug-likeness (QED) is 0.381. The SMILES string of the molecule is CCN1NNC(C2CCC(O)C(NC(=O)CC3CCCCC3C(=O)O)C2)N1. The van der Waals surface area contributed by atoms with Crippen molar-refractivity contribution < 1.29 is 19.8 Å². The fraction of sp³-hybridized carbons (Fsp3) is 0.889. The smallest absolute Gasteiger partial charge is 0.306 e. The predicted octanol–water partition coefficient (Wildman–Crippen LogP) is 0.0887. The number of rotatable bonds is 6. The van der Waals surface area contributed by atoms with E-state index in [9.17, 15) is 19.8 Å². The first-order valence-corrected chi connectivity index (χ1v) is 10.2. The van der Waals surface area contributed by atoms with Crippen LogP contribution in [0.15, 0.2) is 0 Å². The topological polar surface area (TPSA) is 126 Å². The van der Waals surface area contributed by atoms with E-state index in [4.69, 9.17) is 0 Å². The molecule has 1 amide bonds. The summed E-state index contributed by atoms with van der Waals surface area (Å²) in [6, 6.07) is -0.289. The molecule has 3 fully saturated rings. The van der Waals surface area contributed by atoms with Crippen molar-refractivity contribution in [2.45, 2.75) is 76.6 Å². The fourth-order valence-electron chi connectivity index (χ4n) is 4.70. The minimum atomic E-state index is -0.795. The molecule has 154 valence electrons. The molecule has 6 unspecified atom stereocenters. The number of nitrogens with zero attached hydrogens (tertiary/aromatic N) is 1. The minimum Gasteiger partial charge on any atom is -0.481 e. The van der Waals surface area contributed by atoms with Crippen molar-refractivity contribution in [2.24, 2.45) is 17.8 Å². The zero-order chi connectivity index (χ0) is 19.4. The van der Waals surface area contributed by atoms with Gasteiger partial charge in [0.05, 0.1) is 24.2 Å². The highest BCUT2D eigenvalue weighted by Gasteiger charge is 2.38. The summed E-state index contributed by atoms with van der Waals surface area (Å²) < 4.78 is 0. The fourth-order valence-corrected chi connectivity index (χ4v) is 4.70. The number of aliphatic hydroxyl groups excluding tert-OH is 1. The first-order valence-electron chi connectivity index (χ1n) is 10.2. The first-order chi connectivity index (χ1) is 13.0. The Kier molecular flexibility index (Phi) is 7.04. The van der Waals surface area contributed by atoms with Crippen LogP contribution in [0.25, 0.3) is 0 Å². The van der Waals surface area contributed by atoms with Gasteiger partial charge in [0.1, 0.15) is 0 Å². The first kappa shape index (κ1) is 20.5. The number of aliphatic hydroxyl groups is 1. The van der Waals surface area contributed by atoms with Gasteiger partial charge in [-0.05, 0) is 50.9 Å². The van der Waals surface area contributed by atoms with Gasteiger partial charge in [0.25, 0.3) is 0 Å². The van der Waals surface area contributed by atoms with Crippen molar-refractivity contribution in [3.8, 4) is 0 Å². The molecule has 2 aliphatic carbocycles. The average molecular weight is 383 g/mol. The van der Waals surface area contributed by atoms with Crippen molar-refractivity contribution in [3.63, 3.8) is 0 Å². The summed E-state index contributed by atoms with van der Waals surface area (Å²) in [6.45, 7) is 2.85. The lowest BCUT2D eigenvalue weighted by Crippen LogP contribution is -2.52. The van der Waals surface area contributed by atoms with Gasteiger partial charge in [-0.3, -0.25) is 9.59 Å². The third kappa shape index (κ3) is 5.17. The third-order valence-corrected chi connectivity index (χ3v) is 6.31. The summed E-state index contributed by atoms with van der Waals surface area (Å²) in [6.07, 6.45) is 5.28. The molecule has 0 radical (unpaired) electrons. The molecule has 1 aliphatic heterocycles. The van der Waals surface area contributed by atoms with Gasteiger partial charge in [-0.25, -0.2) is 10.9 Å². The van der Waals surface area contributed by atoms with E-state index in [1.54, 1.807) is 0 Å². The minimum absolute atomic E-state index is 0.0617. The molecule has 0 aromatic rings. The zero-order valence-electron chi connectivity index (χ0n) is 16.0. The van der Waals surface area contributed by atoms with Crippen molar-refractivity contribution >= 4 is 11.9 Å². The number of hydrogen-bond donors (Lipinski definition) is 6. The van der Waals surface area contributed by atoms with Crippen LogP contribution in [0.3, 0.4) is 0 Å². The Balaban J connectivity index is 1.52. The van der Waals surface area contributed by atoms with E-state index in [2.05, 4.69) is 21.7 Å². The van der Waals surface area contributed by atoms with E-state index in [-0.39, 0.29) is 36.4 Å². The Morgan fingerprint density at radius 1 is 1.19 bits per heavy atom. The van der Waals surface area contributed by atoms with Crippen LogP contribution in [-0.4, -0.2) is 52.1 Å². The lowest BCUT2D eigenvalue weighted by molar-refractivity contribution is -0.145. The maximum Gasteiger partial charge on any atom is 0.306 e. The van der Waals surface area contributed by atoms with Crippen LogP contribution in [0, 0.1) is 17.8 Å². The standard InChI is InChI=1S/C18H33N5O4/c1-2-23-21-17(20-22-23)12-7-8-15(24)14(9-12)19-16(25)10-11-5-3-4-6-13(11)18(26)27/h11-15,17,20-22,24H,2-10H2,1H3,(H,19,25)(H,26,27). The van der Waals surface area contributed by atoms with Crippen molar-refractivity contribution in [3.05, 3.63) is 0 Å². The summed E-state index contributed by atoms with van der Waals surface area (Å²) in [7, 11) is 0. The second-order valence-electron chi connectivity index (χ2n) is 8.12. The molecule has 6 atom stereocenters. The van der Waals surface area contributed by atoms with Gasteiger partial charge in [0.2, 0.25) is 5.91 Å². The number of nitrogens with one attached hydrogen (secondary N) is 4. The molecule has 6 N–H and O–H groups in total. The lowest BCUT2D eigenvalue weighted by atomic mass is 9.77. The Morgan fingerprint density at radius 3 is 2.67 bits per heavy atom. The Labute approximate surface area is 160 Å². The van der Waals surface area contributed by atoms with Crippen LogP contribution in [0.2, 0.25) is 0 Å². The summed E-state index contributed by atoms with van der Waals surface area (Å²) in [5, 5.41) is 24.6. The predicted molar refractivity (Wildman–Crippen MR) is 98.6 cm³/mol. The Bertz CT molecular complexity index is 534. The van der Waals surface area contributed by atoms with E-state index in [1.807, 2.05) is 12.0 Å². The highest BCUT2D eigenvalue weighted by molar-refractivity contribution is 5.78. The monoisotopic (exact) mass is 383 g/mol. The molecular weight excluding hydrogens is 350 g/mol. The molecule has 0 aromatic heterocycles. The zero-order valence-corrected chi connectivity index (χ0v) is 16.0. The summed E-state index contributed by atoms with van der Waals surface area (Å²) >= 11 is 0. The van der Waals surface area contributed by atoms with Crippen LogP contribution >= 0.6 is 0 Å². The number of carboxylic acid groups (broad SMARTS) is 1. The Hall–Kier alpha value is -1.26. The second-order valence-corrected chi connectivity index (χ2v) is 8.12. The molecule has 0 bridgehead atoms. The molecule has 1 saturated heterocycles. The van der Waals surface area contributed by atoms with Gasteiger partial charge in [-0.2, -0.15) is 10.7 Å². The number of carbonyl (C=O) groups excluding carboxylic acids is 1. The summed E-state index contributed by atoms with van der Waals surface area (Å²) in [5.74, 6) is -1.18. The normalized spacial score (nSPS) is 37.9. The van der Waals surface area contributed by atoms with Crippen LogP contribution in [0.5, 0.6) is 0 Å². The molecule has 0 aromatic carbocycles. The maximum atomic E-state index is 12.6. The van der Waals surface area contributed by atoms with Gasteiger partial charge in [-0.1, -0.05) is 12.8 Å². The van der Waals surface area contributed by atoms with Crippen LogP contribution in [0.4, 0.5) is 0 Å². The van der Waals surface area contributed by atoms with Crippen molar-refractivity contribution in [1.82, 2.24) is 26.8 Å². The average Bonchev–Trinajstić information content (AvgIpc) is 3.13. The highest BCUT2D eigenvalue weighted by Crippen LogP contribution is 2.33. The van der Waals surface area contributed by atoms with Gasteiger partial charge in [0, 0.05) is 13.0 Å². The van der Waals surface area contributed by atoms with Gasteiger partial charge in [0.15, 0.2) is 0 Å². The third-order valence-electron chi connectivity index (χ3n) is 6.31. The number of carboxylic acids is 1. The van der Waals surface area contributed by atoms with E-state index >= 15 is 0 Å². The Morgan fingerprint density at radius 2 is 1.96 bits per heavy atom. The molecule has 0 spiro atoms. The largest absolute Gasteiger partial charge is 0.481 e. The molecule has 9 nitrogen and oxygen atoms in total. The number of aliphatic carboxylic acids is 1. The molecule has 1 heterocycles.